The molecule has 11 nitrogen and oxygen atoms in total. The number of nitrogens with zero attached hydrogens (tertiary/aromatic N) is 1. The van der Waals surface area contributed by atoms with Crippen molar-refractivity contribution >= 4 is 28.6 Å². The van der Waals surface area contributed by atoms with Crippen molar-refractivity contribution in [2.45, 2.75) is 19.6 Å². The molecule has 0 spiro atoms. The molecular formula is C28H26N4O7. The molecule has 200 valence electrons. The van der Waals surface area contributed by atoms with Crippen LogP contribution in [0, 0.1) is 10.1 Å². The lowest BCUT2D eigenvalue weighted by atomic mass is 10.1. The quantitative estimate of drug-likeness (QED) is 0.0740. The van der Waals surface area contributed by atoms with E-state index in [0.29, 0.717) is 29.4 Å². The SMILES string of the molecule is O=C(/C=C/c1ccc(CNCCc2c[nH]c3ccc(OCc4cc5c(cc4[N+](=O)[O-])OCO5)cc23)cc1)NO. The van der Waals surface area contributed by atoms with Gasteiger partial charge in [-0.1, -0.05) is 24.3 Å². The molecule has 39 heavy (non-hydrogen) atoms. The summed E-state index contributed by atoms with van der Waals surface area (Å²) in [7, 11) is 0. The Balaban J connectivity index is 1.17. The highest BCUT2D eigenvalue weighted by Crippen LogP contribution is 2.38. The van der Waals surface area contributed by atoms with Gasteiger partial charge in [0.25, 0.3) is 11.6 Å². The van der Waals surface area contributed by atoms with Crippen LogP contribution in [0.4, 0.5) is 5.69 Å². The van der Waals surface area contributed by atoms with Gasteiger partial charge in [0, 0.05) is 29.7 Å². The Bertz CT molecular complexity index is 1530. The van der Waals surface area contributed by atoms with Crippen LogP contribution in [0.25, 0.3) is 17.0 Å². The number of carbonyl (C=O) groups is 1. The maximum absolute atomic E-state index is 11.5. The summed E-state index contributed by atoms with van der Waals surface area (Å²) in [5, 5.41) is 24.5. The number of hydrogen-bond acceptors (Lipinski definition) is 8. The van der Waals surface area contributed by atoms with Crippen molar-refractivity contribution in [3.63, 3.8) is 0 Å². The fraction of sp³-hybridized carbons (Fsp3) is 0.179. The van der Waals surface area contributed by atoms with Crippen molar-refractivity contribution in [2.24, 2.45) is 0 Å². The van der Waals surface area contributed by atoms with Crippen LogP contribution in [-0.2, 0) is 24.4 Å². The first-order valence-corrected chi connectivity index (χ1v) is 12.2. The van der Waals surface area contributed by atoms with Gasteiger partial charge in [-0.2, -0.15) is 0 Å². The molecule has 0 atom stereocenters. The minimum atomic E-state index is -0.578. The minimum Gasteiger partial charge on any atom is -0.489 e. The van der Waals surface area contributed by atoms with Gasteiger partial charge in [0.05, 0.1) is 16.6 Å². The molecular weight excluding hydrogens is 504 g/mol. The number of nitro benzene ring substituents is 1. The number of H-pyrrole nitrogens is 1. The zero-order valence-corrected chi connectivity index (χ0v) is 20.8. The van der Waals surface area contributed by atoms with Gasteiger partial charge in [-0.25, -0.2) is 5.48 Å². The van der Waals surface area contributed by atoms with E-state index in [4.69, 9.17) is 19.4 Å². The zero-order valence-electron chi connectivity index (χ0n) is 20.8. The highest BCUT2D eigenvalue weighted by Gasteiger charge is 2.23. The summed E-state index contributed by atoms with van der Waals surface area (Å²) in [5.74, 6) is 0.852. The highest BCUT2D eigenvalue weighted by atomic mass is 16.7. The molecule has 0 fully saturated rings. The van der Waals surface area contributed by atoms with E-state index in [0.717, 1.165) is 40.6 Å². The number of hydrogen-bond donors (Lipinski definition) is 4. The van der Waals surface area contributed by atoms with Crippen molar-refractivity contribution < 1.29 is 29.1 Å². The first kappa shape index (κ1) is 25.8. The molecule has 0 aliphatic carbocycles. The molecule has 4 aromatic rings. The second kappa shape index (κ2) is 11.7. The van der Waals surface area contributed by atoms with E-state index in [9.17, 15) is 14.9 Å². The molecule has 11 heteroatoms. The van der Waals surface area contributed by atoms with Crippen LogP contribution in [0.2, 0.25) is 0 Å². The molecule has 0 saturated carbocycles. The molecule has 0 bridgehead atoms. The van der Waals surface area contributed by atoms with Crippen LogP contribution in [0.5, 0.6) is 17.2 Å². The highest BCUT2D eigenvalue weighted by molar-refractivity contribution is 5.90. The van der Waals surface area contributed by atoms with Crippen molar-refractivity contribution in [3.8, 4) is 17.2 Å². The van der Waals surface area contributed by atoms with Gasteiger partial charge in [0.2, 0.25) is 6.79 Å². The molecule has 3 aromatic carbocycles. The monoisotopic (exact) mass is 530 g/mol. The second-order valence-corrected chi connectivity index (χ2v) is 8.88. The number of aromatic amines is 1. The number of fused-ring (bicyclic) bond motifs is 2. The fourth-order valence-electron chi connectivity index (χ4n) is 4.29. The largest absolute Gasteiger partial charge is 0.489 e. The molecule has 1 aliphatic heterocycles. The van der Waals surface area contributed by atoms with E-state index in [-0.39, 0.29) is 19.1 Å². The second-order valence-electron chi connectivity index (χ2n) is 8.88. The van der Waals surface area contributed by atoms with Gasteiger partial charge in [-0.05, 0) is 60.0 Å². The van der Waals surface area contributed by atoms with Crippen LogP contribution in [0.3, 0.4) is 0 Å². The number of aromatic nitrogens is 1. The van der Waals surface area contributed by atoms with Crippen LogP contribution < -0.4 is 25.0 Å². The van der Waals surface area contributed by atoms with E-state index in [1.807, 2.05) is 48.7 Å². The lowest BCUT2D eigenvalue weighted by molar-refractivity contribution is -0.385. The lowest BCUT2D eigenvalue weighted by Crippen LogP contribution is -2.16. The normalized spacial score (nSPS) is 12.2. The summed E-state index contributed by atoms with van der Waals surface area (Å²) in [6.45, 7) is 1.49. The van der Waals surface area contributed by atoms with Gasteiger partial charge < -0.3 is 24.5 Å². The summed E-state index contributed by atoms with van der Waals surface area (Å²) in [4.78, 5) is 25.4. The molecule has 5 rings (SSSR count). The molecule has 1 aromatic heterocycles. The average Bonchev–Trinajstić information content (AvgIpc) is 3.59. The summed E-state index contributed by atoms with van der Waals surface area (Å²) in [6, 6.07) is 16.4. The first-order valence-electron chi connectivity index (χ1n) is 12.2. The van der Waals surface area contributed by atoms with Crippen molar-refractivity contribution in [3.05, 3.63) is 99.2 Å². The maximum Gasteiger partial charge on any atom is 0.280 e. The summed E-state index contributed by atoms with van der Waals surface area (Å²) < 4.78 is 16.5. The fourth-order valence-corrected chi connectivity index (χ4v) is 4.29. The molecule has 4 N–H and O–H groups in total. The Labute approximate surface area is 223 Å². The van der Waals surface area contributed by atoms with E-state index >= 15 is 0 Å². The predicted molar refractivity (Wildman–Crippen MR) is 143 cm³/mol. The van der Waals surface area contributed by atoms with Crippen LogP contribution in [-0.4, -0.2) is 34.4 Å². The van der Waals surface area contributed by atoms with Gasteiger partial charge in [-0.3, -0.25) is 20.1 Å². The van der Waals surface area contributed by atoms with Crippen molar-refractivity contribution in [1.82, 2.24) is 15.8 Å². The van der Waals surface area contributed by atoms with Gasteiger partial charge in [0.15, 0.2) is 11.5 Å². The summed E-state index contributed by atoms with van der Waals surface area (Å²) in [6.07, 6.45) is 5.64. The molecule has 0 saturated heterocycles. The lowest BCUT2D eigenvalue weighted by Gasteiger charge is -2.09. The zero-order chi connectivity index (χ0) is 27.2. The predicted octanol–water partition coefficient (Wildman–Crippen LogP) is 4.23. The Morgan fingerprint density at radius 1 is 1.10 bits per heavy atom. The molecule has 0 unspecified atom stereocenters. The molecule has 2 heterocycles. The minimum absolute atomic E-state index is 0.0168. The number of rotatable bonds is 11. The number of hydroxylamine groups is 1. The van der Waals surface area contributed by atoms with Gasteiger partial charge in [-0.15, -0.1) is 0 Å². The number of nitrogens with one attached hydrogen (secondary N) is 3. The summed E-state index contributed by atoms with van der Waals surface area (Å²) in [5.41, 5.74) is 5.95. The van der Waals surface area contributed by atoms with E-state index in [1.165, 1.54) is 12.1 Å². The number of amides is 1. The molecule has 1 amide bonds. The number of carbonyl (C=O) groups excluding carboxylic acids is 1. The average molecular weight is 531 g/mol. The summed E-state index contributed by atoms with van der Waals surface area (Å²) >= 11 is 0. The van der Waals surface area contributed by atoms with E-state index < -0.39 is 10.8 Å². The van der Waals surface area contributed by atoms with Crippen LogP contribution in [0.1, 0.15) is 22.3 Å². The molecule has 1 aliphatic rings. The van der Waals surface area contributed by atoms with E-state index in [2.05, 4.69) is 10.3 Å². The maximum atomic E-state index is 11.5. The Morgan fingerprint density at radius 2 is 1.90 bits per heavy atom. The third kappa shape index (κ3) is 6.17. The van der Waals surface area contributed by atoms with Gasteiger partial charge in [0.1, 0.15) is 12.4 Å². The van der Waals surface area contributed by atoms with Crippen LogP contribution in [0.15, 0.2) is 66.9 Å². The van der Waals surface area contributed by atoms with Crippen molar-refractivity contribution in [1.29, 1.82) is 0 Å². The smallest absolute Gasteiger partial charge is 0.280 e. The number of ether oxygens (including phenoxy) is 3. The van der Waals surface area contributed by atoms with Crippen LogP contribution >= 0.6 is 0 Å². The topological polar surface area (TPSA) is 148 Å². The Kier molecular flexibility index (Phi) is 7.71. The third-order valence-electron chi connectivity index (χ3n) is 6.32. The Morgan fingerprint density at radius 3 is 2.67 bits per heavy atom. The number of benzene rings is 3. The number of nitro groups is 1. The van der Waals surface area contributed by atoms with E-state index in [1.54, 1.807) is 17.6 Å². The van der Waals surface area contributed by atoms with Gasteiger partial charge >= 0.3 is 0 Å². The van der Waals surface area contributed by atoms with Crippen molar-refractivity contribution in [2.75, 3.05) is 13.3 Å². The third-order valence-corrected chi connectivity index (χ3v) is 6.32. The molecule has 0 radical (unpaired) electrons. The first-order chi connectivity index (χ1) is 19.0. The standard InChI is InChI=1S/C28H26N4O7/c33-28(31-34)8-5-18-1-3-19(4-2-18)14-29-10-9-20-15-30-24-7-6-22(12-23(20)24)37-16-21-11-26-27(39-17-38-26)13-25(21)32(35)36/h1-8,11-13,15,29-30,34H,9-10,14,16-17H2,(H,31,33)/b8-5+. The Hall–Kier alpha value is -4.87.